The first-order valence-electron chi connectivity index (χ1n) is 7.38. The highest BCUT2D eigenvalue weighted by Gasteiger charge is 2.16. The minimum Gasteiger partial charge on any atom is -0.348 e. The van der Waals surface area contributed by atoms with Crippen LogP contribution in [0.15, 0.2) is 30.3 Å². The van der Waals surface area contributed by atoms with E-state index in [-0.39, 0.29) is 36.8 Å². The molecule has 1 aromatic heterocycles. The molecule has 128 valence electrons. The number of nitrogens with one attached hydrogen (secondary N) is 1. The Kier molecular flexibility index (Phi) is 9.13. The molecule has 23 heavy (non-hydrogen) atoms. The summed E-state index contributed by atoms with van der Waals surface area (Å²) in [7, 11) is 0. The van der Waals surface area contributed by atoms with E-state index in [1.165, 1.54) is 0 Å². The number of rotatable bonds is 5. The zero-order chi connectivity index (χ0) is 15.4. The number of fused-ring (bicyclic) bond motifs is 1. The van der Waals surface area contributed by atoms with Gasteiger partial charge in [0.15, 0.2) is 0 Å². The summed E-state index contributed by atoms with van der Waals surface area (Å²) < 4.78 is 0. The van der Waals surface area contributed by atoms with Crippen molar-refractivity contribution >= 4 is 41.6 Å². The van der Waals surface area contributed by atoms with Crippen LogP contribution in [-0.4, -0.2) is 23.5 Å². The summed E-state index contributed by atoms with van der Waals surface area (Å²) in [6.45, 7) is 6.60. The van der Waals surface area contributed by atoms with Crippen molar-refractivity contribution in [2.45, 2.75) is 33.2 Å². The lowest BCUT2D eigenvalue weighted by Crippen LogP contribution is -2.41. The van der Waals surface area contributed by atoms with Crippen LogP contribution in [0.5, 0.6) is 0 Å². The van der Waals surface area contributed by atoms with Crippen molar-refractivity contribution in [2.75, 3.05) is 6.54 Å². The van der Waals surface area contributed by atoms with Crippen molar-refractivity contribution in [3.63, 3.8) is 0 Å². The average molecular weight is 358 g/mol. The fraction of sp³-hybridized carbons (Fsp3) is 0.412. The molecule has 0 bridgehead atoms. The van der Waals surface area contributed by atoms with Crippen LogP contribution in [0.3, 0.4) is 0 Å². The van der Waals surface area contributed by atoms with Crippen LogP contribution in [0, 0.1) is 12.8 Å². The Morgan fingerprint density at radius 3 is 2.52 bits per heavy atom. The summed E-state index contributed by atoms with van der Waals surface area (Å²) in [5, 5.41) is 3.92. The summed E-state index contributed by atoms with van der Waals surface area (Å²) in [6.07, 6.45) is 0.879. The molecule has 3 N–H and O–H groups in total. The van der Waals surface area contributed by atoms with Gasteiger partial charge in [0.05, 0.1) is 11.1 Å². The van der Waals surface area contributed by atoms with Gasteiger partial charge in [-0.15, -0.1) is 24.8 Å². The van der Waals surface area contributed by atoms with E-state index in [9.17, 15) is 4.79 Å². The number of carbonyl (C=O) groups is 1. The van der Waals surface area contributed by atoms with Crippen molar-refractivity contribution in [3.05, 3.63) is 41.6 Å². The molecule has 0 fully saturated rings. The SMILES string of the molecule is Cc1cc(C(=O)NC(CN)CC(C)C)c2ccccc2n1.Cl.Cl. The van der Waals surface area contributed by atoms with Crippen molar-refractivity contribution in [3.8, 4) is 0 Å². The number of hydrogen-bond acceptors (Lipinski definition) is 3. The first-order chi connectivity index (χ1) is 10.0. The Bertz CT molecular complexity index is 647. The minimum absolute atomic E-state index is 0. The molecule has 0 saturated heterocycles. The molecule has 0 spiro atoms. The molecule has 0 aliphatic rings. The fourth-order valence-corrected chi connectivity index (χ4v) is 2.54. The molecule has 1 aromatic carbocycles. The smallest absolute Gasteiger partial charge is 0.252 e. The van der Waals surface area contributed by atoms with Crippen LogP contribution in [0.2, 0.25) is 0 Å². The molecule has 0 radical (unpaired) electrons. The van der Waals surface area contributed by atoms with Gasteiger partial charge in [-0.25, -0.2) is 0 Å². The van der Waals surface area contributed by atoms with Gasteiger partial charge in [0.2, 0.25) is 0 Å². The van der Waals surface area contributed by atoms with E-state index in [2.05, 4.69) is 24.1 Å². The first kappa shape index (κ1) is 21.6. The fourth-order valence-electron chi connectivity index (χ4n) is 2.54. The van der Waals surface area contributed by atoms with Gasteiger partial charge in [-0.2, -0.15) is 0 Å². The summed E-state index contributed by atoms with van der Waals surface area (Å²) in [5.41, 5.74) is 8.11. The average Bonchev–Trinajstić information content (AvgIpc) is 2.44. The van der Waals surface area contributed by atoms with E-state index in [0.29, 0.717) is 18.0 Å². The van der Waals surface area contributed by atoms with Crippen LogP contribution < -0.4 is 11.1 Å². The lowest BCUT2D eigenvalue weighted by molar-refractivity contribution is 0.0935. The van der Waals surface area contributed by atoms with Crippen LogP contribution in [0.1, 0.15) is 36.3 Å². The quantitative estimate of drug-likeness (QED) is 0.860. The maximum absolute atomic E-state index is 12.6. The topological polar surface area (TPSA) is 68.0 Å². The highest BCUT2D eigenvalue weighted by molar-refractivity contribution is 6.06. The Hall–Kier alpha value is -1.36. The standard InChI is InChI=1S/C17H23N3O.2ClH/c1-11(2)8-13(10-18)20-17(21)15-9-12(3)19-16-7-5-4-6-14(15)16;;/h4-7,9,11,13H,8,10,18H2,1-3H3,(H,20,21);2*1H. The number of nitrogens with two attached hydrogens (primary N) is 1. The van der Waals surface area contributed by atoms with Crippen molar-refractivity contribution in [2.24, 2.45) is 11.7 Å². The number of amides is 1. The minimum atomic E-state index is -0.0761. The highest BCUT2D eigenvalue weighted by Crippen LogP contribution is 2.18. The van der Waals surface area contributed by atoms with Crippen molar-refractivity contribution in [1.29, 1.82) is 0 Å². The van der Waals surface area contributed by atoms with E-state index in [0.717, 1.165) is 23.0 Å². The number of carbonyl (C=O) groups excluding carboxylic acids is 1. The summed E-state index contributed by atoms with van der Waals surface area (Å²) in [6, 6.07) is 9.54. The van der Waals surface area contributed by atoms with E-state index in [4.69, 9.17) is 5.73 Å². The second kappa shape index (κ2) is 9.71. The molecular formula is C17H25Cl2N3O. The van der Waals surface area contributed by atoms with Gasteiger partial charge in [-0.3, -0.25) is 9.78 Å². The number of pyridine rings is 1. The van der Waals surface area contributed by atoms with E-state index in [1.807, 2.05) is 37.3 Å². The highest BCUT2D eigenvalue weighted by atomic mass is 35.5. The molecule has 1 amide bonds. The van der Waals surface area contributed by atoms with E-state index < -0.39 is 0 Å². The molecule has 0 saturated carbocycles. The second-order valence-corrected chi connectivity index (χ2v) is 5.86. The Morgan fingerprint density at radius 1 is 1.26 bits per heavy atom. The zero-order valence-corrected chi connectivity index (χ0v) is 15.3. The van der Waals surface area contributed by atoms with Gasteiger partial charge in [0, 0.05) is 23.7 Å². The predicted octanol–water partition coefficient (Wildman–Crippen LogP) is 3.49. The first-order valence-corrected chi connectivity index (χ1v) is 7.38. The van der Waals surface area contributed by atoms with Gasteiger partial charge < -0.3 is 11.1 Å². The predicted molar refractivity (Wildman–Crippen MR) is 101 cm³/mol. The molecule has 1 atom stereocenters. The molecule has 1 unspecified atom stereocenters. The molecular weight excluding hydrogens is 333 g/mol. The monoisotopic (exact) mass is 357 g/mol. The van der Waals surface area contributed by atoms with Gasteiger partial charge in [0.25, 0.3) is 5.91 Å². The van der Waals surface area contributed by atoms with Crippen LogP contribution in [0.4, 0.5) is 0 Å². The summed E-state index contributed by atoms with van der Waals surface area (Å²) >= 11 is 0. The molecule has 6 heteroatoms. The maximum Gasteiger partial charge on any atom is 0.252 e. The van der Waals surface area contributed by atoms with Crippen LogP contribution in [-0.2, 0) is 0 Å². The Labute approximate surface area is 150 Å². The van der Waals surface area contributed by atoms with Gasteiger partial charge in [0.1, 0.15) is 0 Å². The maximum atomic E-state index is 12.6. The number of nitrogens with zero attached hydrogens (tertiary/aromatic N) is 1. The lowest BCUT2D eigenvalue weighted by Gasteiger charge is -2.19. The molecule has 0 aliphatic heterocycles. The van der Waals surface area contributed by atoms with Crippen molar-refractivity contribution in [1.82, 2.24) is 10.3 Å². The van der Waals surface area contributed by atoms with Crippen molar-refractivity contribution < 1.29 is 4.79 Å². The largest absolute Gasteiger partial charge is 0.348 e. The zero-order valence-electron chi connectivity index (χ0n) is 13.7. The Balaban J connectivity index is 0.00000242. The van der Waals surface area contributed by atoms with Crippen LogP contribution in [0.25, 0.3) is 10.9 Å². The number of aryl methyl sites for hydroxylation is 1. The van der Waals surface area contributed by atoms with Crippen LogP contribution >= 0.6 is 24.8 Å². The Morgan fingerprint density at radius 2 is 1.91 bits per heavy atom. The second-order valence-electron chi connectivity index (χ2n) is 5.86. The third-order valence-corrected chi connectivity index (χ3v) is 3.46. The number of hydrogen-bond donors (Lipinski definition) is 2. The molecule has 2 rings (SSSR count). The van der Waals surface area contributed by atoms with Gasteiger partial charge in [-0.05, 0) is 31.4 Å². The number of para-hydroxylation sites is 1. The molecule has 1 heterocycles. The number of aromatic nitrogens is 1. The molecule has 2 aromatic rings. The normalized spacial score (nSPS) is 11.5. The van der Waals surface area contributed by atoms with Gasteiger partial charge >= 0.3 is 0 Å². The summed E-state index contributed by atoms with van der Waals surface area (Å²) in [4.78, 5) is 17.0. The number of benzene rings is 1. The third kappa shape index (κ3) is 5.65. The lowest BCUT2D eigenvalue weighted by atomic mass is 10.0. The van der Waals surface area contributed by atoms with Gasteiger partial charge in [-0.1, -0.05) is 32.0 Å². The third-order valence-electron chi connectivity index (χ3n) is 3.46. The van der Waals surface area contributed by atoms with E-state index in [1.54, 1.807) is 0 Å². The number of halogens is 2. The van der Waals surface area contributed by atoms with E-state index >= 15 is 0 Å². The molecule has 0 aliphatic carbocycles. The molecule has 4 nitrogen and oxygen atoms in total. The summed E-state index contributed by atoms with van der Waals surface area (Å²) in [5.74, 6) is 0.419.